The Bertz CT molecular complexity index is 542. The number of benzene rings is 2. The van der Waals surface area contributed by atoms with Crippen LogP contribution in [0.1, 0.15) is 17.2 Å². The summed E-state index contributed by atoms with van der Waals surface area (Å²) >= 11 is 3.43. The smallest absolute Gasteiger partial charge is 0.124 e. The van der Waals surface area contributed by atoms with Crippen LogP contribution in [-0.2, 0) is 4.74 Å². The Hall–Kier alpha value is -1.36. The van der Waals surface area contributed by atoms with E-state index in [1.807, 2.05) is 48.5 Å². The van der Waals surface area contributed by atoms with Gasteiger partial charge in [0.1, 0.15) is 12.4 Å². The molecule has 0 amide bonds. The molecule has 20 heavy (non-hydrogen) atoms. The molecule has 2 aromatic carbocycles. The van der Waals surface area contributed by atoms with Gasteiger partial charge in [-0.25, -0.2) is 0 Å². The van der Waals surface area contributed by atoms with Gasteiger partial charge in [0, 0.05) is 17.1 Å². The van der Waals surface area contributed by atoms with E-state index < -0.39 is 0 Å². The highest BCUT2D eigenvalue weighted by Crippen LogP contribution is 2.28. The molecule has 2 aromatic rings. The van der Waals surface area contributed by atoms with Gasteiger partial charge < -0.3 is 15.2 Å². The number of nitrogens with two attached hydrogens (primary N) is 1. The third-order valence-electron chi connectivity index (χ3n) is 3.03. The highest BCUT2D eigenvalue weighted by atomic mass is 79.9. The number of ether oxygens (including phenoxy) is 2. The number of hydrogen-bond donors (Lipinski definition) is 1. The molecule has 0 saturated heterocycles. The van der Waals surface area contributed by atoms with Crippen LogP contribution in [0.4, 0.5) is 0 Å². The van der Waals surface area contributed by atoms with E-state index in [0.717, 1.165) is 21.3 Å². The number of halogens is 1. The maximum atomic E-state index is 6.34. The molecule has 106 valence electrons. The van der Waals surface area contributed by atoms with Gasteiger partial charge in [-0.1, -0.05) is 46.3 Å². The van der Waals surface area contributed by atoms with E-state index >= 15 is 0 Å². The Kier molecular flexibility index (Phi) is 5.59. The van der Waals surface area contributed by atoms with E-state index in [9.17, 15) is 0 Å². The van der Waals surface area contributed by atoms with Crippen LogP contribution in [0.5, 0.6) is 5.75 Å². The Labute approximate surface area is 127 Å². The maximum absolute atomic E-state index is 6.34. The summed E-state index contributed by atoms with van der Waals surface area (Å²) in [7, 11) is 1.66. The molecular formula is C16H18BrNO2. The van der Waals surface area contributed by atoms with Crippen molar-refractivity contribution in [3.05, 3.63) is 64.1 Å². The third kappa shape index (κ3) is 3.82. The van der Waals surface area contributed by atoms with Crippen molar-refractivity contribution < 1.29 is 9.47 Å². The summed E-state index contributed by atoms with van der Waals surface area (Å²) in [6, 6.07) is 15.6. The maximum Gasteiger partial charge on any atom is 0.124 e. The lowest BCUT2D eigenvalue weighted by Gasteiger charge is -2.17. The van der Waals surface area contributed by atoms with Gasteiger partial charge >= 0.3 is 0 Å². The molecule has 4 heteroatoms. The second-order valence-corrected chi connectivity index (χ2v) is 5.32. The van der Waals surface area contributed by atoms with Gasteiger partial charge in [0.25, 0.3) is 0 Å². The predicted octanol–water partition coefficient (Wildman–Crippen LogP) is 3.52. The quantitative estimate of drug-likeness (QED) is 0.821. The first-order valence-electron chi connectivity index (χ1n) is 6.44. The molecule has 0 fully saturated rings. The zero-order valence-electron chi connectivity index (χ0n) is 11.4. The van der Waals surface area contributed by atoms with Crippen LogP contribution in [-0.4, -0.2) is 20.3 Å². The monoisotopic (exact) mass is 335 g/mol. The molecular weight excluding hydrogens is 318 g/mol. The molecule has 0 radical (unpaired) electrons. The molecule has 0 heterocycles. The molecule has 0 aliphatic heterocycles. The lowest BCUT2D eigenvalue weighted by molar-refractivity contribution is 0.145. The number of para-hydroxylation sites is 1. The zero-order valence-corrected chi connectivity index (χ0v) is 13.0. The largest absolute Gasteiger partial charge is 0.491 e. The first-order valence-corrected chi connectivity index (χ1v) is 7.23. The predicted molar refractivity (Wildman–Crippen MR) is 84.0 cm³/mol. The minimum absolute atomic E-state index is 0.207. The summed E-state index contributed by atoms with van der Waals surface area (Å²) in [6.07, 6.45) is 0. The van der Waals surface area contributed by atoms with Crippen molar-refractivity contribution in [1.82, 2.24) is 0 Å². The van der Waals surface area contributed by atoms with E-state index in [-0.39, 0.29) is 6.04 Å². The van der Waals surface area contributed by atoms with Crippen LogP contribution >= 0.6 is 15.9 Å². The lowest BCUT2D eigenvalue weighted by Crippen LogP contribution is -2.14. The lowest BCUT2D eigenvalue weighted by atomic mass is 9.99. The Morgan fingerprint density at radius 1 is 1.05 bits per heavy atom. The van der Waals surface area contributed by atoms with Crippen LogP contribution in [0.15, 0.2) is 53.0 Å². The fourth-order valence-corrected chi connectivity index (χ4v) is 2.22. The average Bonchev–Trinajstić information content (AvgIpc) is 2.48. The van der Waals surface area contributed by atoms with E-state index in [0.29, 0.717) is 13.2 Å². The van der Waals surface area contributed by atoms with Crippen LogP contribution in [0.25, 0.3) is 0 Å². The molecule has 1 atom stereocenters. The van der Waals surface area contributed by atoms with Crippen LogP contribution in [0.2, 0.25) is 0 Å². The average molecular weight is 336 g/mol. The van der Waals surface area contributed by atoms with E-state index in [4.69, 9.17) is 15.2 Å². The summed E-state index contributed by atoms with van der Waals surface area (Å²) in [5.74, 6) is 0.806. The van der Waals surface area contributed by atoms with Gasteiger partial charge in [-0.3, -0.25) is 0 Å². The molecule has 2 rings (SSSR count). The van der Waals surface area contributed by atoms with Gasteiger partial charge in [-0.05, 0) is 23.8 Å². The van der Waals surface area contributed by atoms with Crippen molar-refractivity contribution >= 4 is 15.9 Å². The van der Waals surface area contributed by atoms with E-state index in [2.05, 4.69) is 15.9 Å². The van der Waals surface area contributed by atoms with Crippen LogP contribution in [0, 0.1) is 0 Å². The molecule has 1 unspecified atom stereocenters. The first-order chi connectivity index (χ1) is 9.72. The molecule has 0 bridgehead atoms. The van der Waals surface area contributed by atoms with Gasteiger partial charge in [0.05, 0.1) is 12.6 Å². The Morgan fingerprint density at radius 2 is 1.75 bits per heavy atom. The minimum Gasteiger partial charge on any atom is -0.491 e. The van der Waals surface area contributed by atoms with Gasteiger partial charge in [-0.15, -0.1) is 0 Å². The fourth-order valence-electron chi connectivity index (χ4n) is 1.95. The minimum atomic E-state index is -0.207. The Balaban J connectivity index is 2.20. The van der Waals surface area contributed by atoms with E-state index in [1.54, 1.807) is 7.11 Å². The third-order valence-corrected chi connectivity index (χ3v) is 3.56. The summed E-state index contributed by atoms with van der Waals surface area (Å²) in [5.41, 5.74) is 8.37. The molecule has 0 aromatic heterocycles. The number of hydrogen-bond acceptors (Lipinski definition) is 3. The first kappa shape index (κ1) is 15.0. The van der Waals surface area contributed by atoms with Crippen molar-refractivity contribution in [3.8, 4) is 5.75 Å². The summed E-state index contributed by atoms with van der Waals surface area (Å²) in [6.45, 7) is 1.07. The summed E-state index contributed by atoms with van der Waals surface area (Å²) < 4.78 is 11.8. The summed E-state index contributed by atoms with van der Waals surface area (Å²) in [4.78, 5) is 0. The van der Waals surface area contributed by atoms with Gasteiger partial charge in [0.15, 0.2) is 0 Å². The fraction of sp³-hybridized carbons (Fsp3) is 0.250. The van der Waals surface area contributed by atoms with Crippen molar-refractivity contribution in [2.24, 2.45) is 5.73 Å². The standard InChI is InChI=1S/C16H18BrNO2/c1-19-10-11-20-15-5-3-2-4-14(15)16(18)12-6-8-13(17)9-7-12/h2-9,16H,10-11,18H2,1H3. The van der Waals surface area contributed by atoms with Crippen LogP contribution in [0.3, 0.4) is 0 Å². The Morgan fingerprint density at radius 3 is 2.45 bits per heavy atom. The van der Waals surface area contributed by atoms with Crippen molar-refractivity contribution in [1.29, 1.82) is 0 Å². The zero-order chi connectivity index (χ0) is 14.4. The molecule has 2 N–H and O–H groups in total. The highest BCUT2D eigenvalue weighted by Gasteiger charge is 2.13. The van der Waals surface area contributed by atoms with Crippen molar-refractivity contribution in [2.75, 3.05) is 20.3 Å². The molecule has 3 nitrogen and oxygen atoms in total. The van der Waals surface area contributed by atoms with Gasteiger partial charge in [0.2, 0.25) is 0 Å². The second-order valence-electron chi connectivity index (χ2n) is 4.41. The molecule has 0 aliphatic rings. The van der Waals surface area contributed by atoms with E-state index in [1.165, 1.54) is 0 Å². The number of methoxy groups -OCH3 is 1. The number of rotatable bonds is 6. The second kappa shape index (κ2) is 7.43. The normalized spacial score (nSPS) is 12.2. The van der Waals surface area contributed by atoms with Gasteiger partial charge in [-0.2, -0.15) is 0 Å². The summed E-state index contributed by atoms with van der Waals surface area (Å²) in [5, 5.41) is 0. The van der Waals surface area contributed by atoms with Crippen molar-refractivity contribution in [2.45, 2.75) is 6.04 Å². The molecule has 0 aliphatic carbocycles. The molecule has 0 saturated carbocycles. The van der Waals surface area contributed by atoms with Crippen LogP contribution < -0.4 is 10.5 Å². The topological polar surface area (TPSA) is 44.5 Å². The molecule has 0 spiro atoms. The highest BCUT2D eigenvalue weighted by molar-refractivity contribution is 9.10. The van der Waals surface area contributed by atoms with Crippen molar-refractivity contribution in [3.63, 3.8) is 0 Å². The SMILES string of the molecule is COCCOc1ccccc1C(N)c1ccc(Br)cc1.